The van der Waals surface area contributed by atoms with Crippen molar-refractivity contribution in [1.29, 1.82) is 0 Å². The van der Waals surface area contributed by atoms with Crippen LogP contribution >= 0.6 is 0 Å². The summed E-state index contributed by atoms with van der Waals surface area (Å²) in [5, 5.41) is 18.0. The molecule has 1 aromatic heterocycles. The van der Waals surface area contributed by atoms with E-state index in [9.17, 15) is 14.7 Å². The van der Waals surface area contributed by atoms with Crippen molar-refractivity contribution in [2.45, 2.75) is 13.5 Å². The van der Waals surface area contributed by atoms with E-state index >= 15 is 0 Å². The zero-order chi connectivity index (χ0) is 20.4. The molecule has 1 heterocycles. The number of hydrogen-bond donors (Lipinski definition) is 2. The van der Waals surface area contributed by atoms with Crippen molar-refractivity contribution in [2.75, 3.05) is 5.32 Å². The Morgan fingerprint density at radius 3 is 2.45 bits per heavy atom. The van der Waals surface area contributed by atoms with Crippen LogP contribution in [-0.2, 0) is 11.3 Å². The molecule has 0 saturated heterocycles. The lowest BCUT2D eigenvalue weighted by Crippen LogP contribution is -2.30. The first kappa shape index (κ1) is 18.4. The molecule has 2 N–H and O–H groups in total. The Morgan fingerprint density at radius 2 is 1.72 bits per heavy atom. The fourth-order valence-electron chi connectivity index (χ4n) is 3.19. The number of amides is 1. The highest BCUT2D eigenvalue weighted by Gasteiger charge is 2.14. The molecule has 144 valence electrons. The topological polar surface area (TPSA) is 84.2 Å². The van der Waals surface area contributed by atoms with E-state index in [-0.39, 0.29) is 17.9 Å². The number of rotatable bonds is 4. The van der Waals surface area contributed by atoms with Crippen molar-refractivity contribution in [3.05, 3.63) is 88.7 Å². The third kappa shape index (κ3) is 3.87. The third-order valence-electron chi connectivity index (χ3n) is 4.62. The molecule has 4 aromatic rings. The maximum Gasteiger partial charge on any atom is 0.275 e. The summed E-state index contributed by atoms with van der Waals surface area (Å²) >= 11 is 0. The van der Waals surface area contributed by atoms with Gasteiger partial charge in [0.2, 0.25) is 5.91 Å². The Balaban J connectivity index is 1.74. The number of aryl methyl sites for hydroxylation is 1. The summed E-state index contributed by atoms with van der Waals surface area (Å²) in [7, 11) is 0. The van der Waals surface area contributed by atoms with Gasteiger partial charge in [-0.1, -0.05) is 54.1 Å². The van der Waals surface area contributed by atoms with Crippen molar-refractivity contribution in [1.82, 2.24) is 9.78 Å². The normalized spacial score (nSPS) is 10.8. The first-order chi connectivity index (χ1) is 14.0. The smallest absolute Gasteiger partial charge is 0.275 e. The zero-order valence-electron chi connectivity index (χ0n) is 15.8. The average molecular weight is 385 g/mol. The van der Waals surface area contributed by atoms with Gasteiger partial charge >= 0.3 is 0 Å². The largest absolute Gasteiger partial charge is 0.508 e. The van der Waals surface area contributed by atoms with Crippen molar-refractivity contribution in [3.8, 4) is 17.0 Å². The second-order valence-electron chi connectivity index (χ2n) is 6.82. The Morgan fingerprint density at radius 1 is 1.00 bits per heavy atom. The number of carbonyl (C=O) groups excluding carboxylic acids is 1. The van der Waals surface area contributed by atoms with Crippen LogP contribution in [0.15, 0.2) is 77.6 Å². The first-order valence-electron chi connectivity index (χ1n) is 9.17. The molecule has 1 amide bonds. The number of hydrogen-bond acceptors (Lipinski definition) is 4. The molecular formula is C23H19N3O3. The number of benzene rings is 3. The molecule has 29 heavy (non-hydrogen) atoms. The van der Waals surface area contributed by atoms with E-state index in [0.717, 1.165) is 16.5 Å². The van der Waals surface area contributed by atoms with Gasteiger partial charge in [-0.25, -0.2) is 4.68 Å². The van der Waals surface area contributed by atoms with Gasteiger partial charge in [0.15, 0.2) is 0 Å². The summed E-state index contributed by atoms with van der Waals surface area (Å²) < 4.78 is 1.18. The van der Waals surface area contributed by atoms with Gasteiger partial charge in [0.05, 0.1) is 11.1 Å². The number of phenolic OH excluding ortho intramolecular Hbond substituents is 1. The number of carbonyl (C=O) groups is 1. The van der Waals surface area contributed by atoms with E-state index in [0.29, 0.717) is 16.8 Å². The lowest BCUT2D eigenvalue weighted by Gasteiger charge is -2.12. The molecule has 0 saturated carbocycles. The van der Waals surface area contributed by atoms with E-state index in [2.05, 4.69) is 10.4 Å². The monoisotopic (exact) mass is 385 g/mol. The van der Waals surface area contributed by atoms with Gasteiger partial charge in [0.1, 0.15) is 12.3 Å². The number of aromatic hydroxyl groups is 1. The quantitative estimate of drug-likeness (QED) is 0.561. The molecule has 0 aliphatic heterocycles. The number of nitrogens with one attached hydrogen (secondary N) is 1. The highest BCUT2D eigenvalue weighted by Crippen LogP contribution is 2.25. The molecule has 6 nitrogen and oxygen atoms in total. The van der Waals surface area contributed by atoms with Crippen LogP contribution in [0.5, 0.6) is 5.75 Å². The third-order valence-corrected chi connectivity index (χ3v) is 4.62. The standard InChI is InChI=1S/C23H19N3O3/c1-15-9-11-16(12-10-15)22-19-7-2-3-8-20(19)23(29)26(25-22)14-21(28)24-17-5-4-6-18(27)13-17/h2-13,27H,14H2,1H3,(H,24,28). The fraction of sp³-hybridized carbons (Fsp3) is 0.0870. The predicted octanol–water partition coefficient (Wildman–Crippen LogP) is 3.72. The van der Waals surface area contributed by atoms with E-state index < -0.39 is 5.91 Å². The Bertz CT molecular complexity index is 1260. The molecule has 4 rings (SSSR count). The number of phenols is 1. The van der Waals surface area contributed by atoms with E-state index in [1.807, 2.05) is 43.3 Å². The summed E-state index contributed by atoms with van der Waals surface area (Å²) in [5.74, 6) is -0.360. The molecule has 0 fully saturated rings. The Kier molecular flexibility index (Phi) is 4.83. The van der Waals surface area contributed by atoms with Crippen molar-refractivity contribution in [2.24, 2.45) is 0 Å². The van der Waals surface area contributed by atoms with Crippen LogP contribution in [0.1, 0.15) is 5.56 Å². The summed E-state index contributed by atoms with van der Waals surface area (Å²) in [4.78, 5) is 25.4. The van der Waals surface area contributed by atoms with Crippen molar-refractivity contribution >= 4 is 22.4 Å². The lowest BCUT2D eigenvalue weighted by molar-refractivity contribution is -0.117. The van der Waals surface area contributed by atoms with E-state index in [4.69, 9.17) is 0 Å². The summed E-state index contributed by atoms with van der Waals surface area (Å²) in [6.45, 7) is 1.76. The van der Waals surface area contributed by atoms with Crippen LogP contribution in [0.4, 0.5) is 5.69 Å². The van der Waals surface area contributed by atoms with Gasteiger partial charge < -0.3 is 10.4 Å². The predicted molar refractivity (Wildman–Crippen MR) is 113 cm³/mol. The second-order valence-corrected chi connectivity index (χ2v) is 6.82. The number of fused-ring (bicyclic) bond motifs is 1. The van der Waals surface area contributed by atoms with Gasteiger partial charge in [-0.15, -0.1) is 0 Å². The molecule has 0 radical (unpaired) electrons. The SMILES string of the molecule is Cc1ccc(-c2nn(CC(=O)Nc3cccc(O)c3)c(=O)c3ccccc23)cc1. The summed E-state index contributed by atoms with van der Waals surface area (Å²) in [6, 6.07) is 21.3. The van der Waals surface area contributed by atoms with Crippen LogP contribution in [-0.4, -0.2) is 20.8 Å². The van der Waals surface area contributed by atoms with Gasteiger partial charge in [0, 0.05) is 22.7 Å². The molecule has 3 aromatic carbocycles. The van der Waals surface area contributed by atoms with E-state index in [1.165, 1.54) is 16.8 Å². The minimum Gasteiger partial charge on any atom is -0.508 e. The highest BCUT2D eigenvalue weighted by molar-refractivity contribution is 5.94. The molecule has 0 aliphatic rings. The highest BCUT2D eigenvalue weighted by atomic mass is 16.3. The second kappa shape index (κ2) is 7.59. The van der Waals surface area contributed by atoms with Crippen LogP contribution in [0.3, 0.4) is 0 Å². The number of aromatic nitrogens is 2. The molecular weight excluding hydrogens is 366 g/mol. The van der Waals surface area contributed by atoms with Crippen LogP contribution in [0.25, 0.3) is 22.0 Å². The van der Waals surface area contributed by atoms with Gasteiger partial charge in [-0.3, -0.25) is 9.59 Å². The minimum absolute atomic E-state index is 0.0467. The number of nitrogens with zero attached hydrogens (tertiary/aromatic N) is 2. The maximum atomic E-state index is 12.9. The van der Waals surface area contributed by atoms with Gasteiger partial charge in [-0.2, -0.15) is 5.10 Å². The minimum atomic E-state index is -0.407. The van der Waals surface area contributed by atoms with E-state index in [1.54, 1.807) is 24.3 Å². The maximum absolute atomic E-state index is 12.9. The van der Waals surface area contributed by atoms with Crippen molar-refractivity contribution < 1.29 is 9.90 Å². The lowest BCUT2D eigenvalue weighted by atomic mass is 10.0. The van der Waals surface area contributed by atoms with Crippen molar-refractivity contribution in [3.63, 3.8) is 0 Å². The zero-order valence-corrected chi connectivity index (χ0v) is 15.8. The fourth-order valence-corrected chi connectivity index (χ4v) is 3.19. The first-order valence-corrected chi connectivity index (χ1v) is 9.17. The molecule has 6 heteroatoms. The van der Waals surface area contributed by atoms with Crippen LogP contribution in [0.2, 0.25) is 0 Å². The van der Waals surface area contributed by atoms with Gasteiger partial charge in [-0.05, 0) is 25.1 Å². The Hall–Kier alpha value is -3.93. The Labute approximate surface area is 167 Å². The molecule has 0 bridgehead atoms. The van der Waals surface area contributed by atoms with Crippen LogP contribution < -0.4 is 10.9 Å². The molecule has 0 atom stereocenters. The summed E-state index contributed by atoms with van der Waals surface area (Å²) in [5.41, 5.74) is 2.75. The molecule has 0 spiro atoms. The van der Waals surface area contributed by atoms with Crippen LogP contribution in [0, 0.1) is 6.92 Å². The van der Waals surface area contributed by atoms with Gasteiger partial charge in [0.25, 0.3) is 5.56 Å². The summed E-state index contributed by atoms with van der Waals surface area (Å²) in [6.07, 6.45) is 0. The average Bonchev–Trinajstić information content (AvgIpc) is 2.71. The number of anilines is 1. The molecule has 0 aliphatic carbocycles. The molecule has 0 unspecified atom stereocenters.